The van der Waals surface area contributed by atoms with Gasteiger partial charge in [-0.1, -0.05) is 0 Å². The summed E-state index contributed by atoms with van der Waals surface area (Å²) < 4.78 is 0. The molecule has 0 amide bonds. The van der Waals surface area contributed by atoms with Gasteiger partial charge >= 0.3 is 0 Å². The average Bonchev–Trinajstić information content (AvgIpc) is 1.65. The van der Waals surface area contributed by atoms with E-state index in [2.05, 4.69) is 0 Å². The minimum atomic E-state index is -0.889. The summed E-state index contributed by atoms with van der Waals surface area (Å²) in [4.78, 5) is 0. The van der Waals surface area contributed by atoms with Crippen molar-refractivity contribution in [1.29, 1.82) is 0 Å². The highest BCUT2D eigenvalue weighted by Gasteiger charge is 2.29. The molecule has 3 heteroatoms. The maximum atomic E-state index is 8.97. The molecule has 56 valence electrons. The lowest BCUT2D eigenvalue weighted by Crippen LogP contribution is -2.54. The Labute approximate surface area is 55.5 Å². The van der Waals surface area contributed by atoms with Crippen LogP contribution in [0.4, 0.5) is 0 Å². The fraction of sp³-hybridized carbons (Fsp3) is 1.00. The zero-order chi connectivity index (χ0) is 7.65. The SMILES string of the molecule is C[C@@H](O)C(C)(N)[C@@H](C)O. The van der Waals surface area contributed by atoms with Crippen molar-refractivity contribution in [2.45, 2.75) is 38.5 Å². The molecule has 0 aromatic heterocycles. The predicted molar refractivity (Wildman–Crippen MR) is 36.0 cm³/mol. The topological polar surface area (TPSA) is 66.5 Å². The van der Waals surface area contributed by atoms with Crippen LogP contribution in [0.5, 0.6) is 0 Å². The lowest BCUT2D eigenvalue weighted by atomic mass is 9.92. The van der Waals surface area contributed by atoms with E-state index in [4.69, 9.17) is 15.9 Å². The fourth-order valence-corrected chi connectivity index (χ4v) is 0.349. The van der Waals surface area contributed by atoms with Crippen LogP contribution in [-0.4, -0.2) is 28.0 Å². The standard InChI is InChI=1S/C6H15NO2/c1-4(8)6(3,7)5(2)9/h4-5,8-9H,7H2,1-3H3/t4-,5-/m1/s1. The van der Waals surface area contributed by atoms with Crippen molar-refractivity contribution in [3.63, 3.8) is 0 Å². The van der Waals surface area contributed by atoms with Crippen LogP contribution < -0.4 is 5.73 Å². The van der Waals surface area contributed by atoms with Gasteiger partial charge in [0.1, 0.15) is 0 Å². The number of aliphatic hydroxyl groups excluding tert-OH is 2. The van der Waals surface area contributed by atoms with Gasteiger partial charge in [0, 0.05) is 0 Å². The number of rotatable bonds is 2. The number of hydrogen-bond donors (Lipinski definition) is 3. The molecule has 0 fully saturated rings. The zero-order valence-electron chi connectivity index (χ0n) is 6.13. The highest BCUT2D eigenvalue weighted by molar-refractivity contribution is 4.88. The molecule has 0 heterocycles. The van der Waals surface area contributed by atoms with E-state index in [-0.39, 0.29) is 0 Å². The van der Waals surface area contributed by atoms with E-state index in [1.807, 2.05) is 0 Å². The Morgan fingerprint density at radius 1 is 1.22 bits per heavy atom. The summed E-state index contributed by atoms with van der Waals surface area (Å²) >= 11 is 0. The molecule has 0 aliphatic carbocycles. The van der Waals surface area contributed by atoms with Crippen molar-refractivity contribution < 1.29 is 10.2 Å². The molecule has 0 radical (unpaired) electrons. The average molecular weight is 133 g/mol. The maximum absolute atomic E-state index is 8.97. The minimum Gasteiger partial charge on any atom is -0.391 e. The van der Waals surface area contributed by atoms with Crippen LogP contribution in [0, 0.1) is 0 Å². The predicted octanol–water partition coefficient (Wildman–Crippen LogP) is -0.535. The second-order valence-electron chi connectivity index (χ2n) is 2.72. The van der Waals surface area contributed by atoms with E-state index in [1.54, 1.807) is 20.8 Å². The first-order valence-corrected chi connectivity index (χ1v) is 3.04. The van der Waals surface area contributed by atoms with E-state index in [1.165, 1.54) is 0 Å². The van der Waals surface area contributed by atoms with Gasteiger partial charge in [0.25, 0.3) is 0 Å². The second-order valence-corrected chi connectivity index (χ2v) is 2.72. The van der Waals surface area contributed by atoms with Gasteiger partial charge in [-0.15, -0.1) is 0 Å². The van der Waals surface area contributed by atoms with Gasteiger partial charge in [0.15, 0.2) is 0 Å². The van der Waals surface area contributed by atoms with E-state index in [0.29, 0.717) is 0 Å². The quantitative estimate of drug-likeness (QED) is 0.474. The van der Waals surface area contributed by atoms with Crippen LogP contribution in [-0.2, 0) is 0 Å². The summed E-state index contributed by atoms with van der Waals surface area (Å²) in [5.41, 5.74) is 4.61. The van der Waals surface area contributed by atoms with Crippen LogP contribution in [0.2, 0.25) is 0 Å². The summed E-state index contributed by atoms with van der Waals surface area (Å²) in [6.45, 7) is 4.74. The van der Waals surface area contributed by atoms with E-state index in [0.717, 1.165) is 0 Å². The zero-order valence-corrected chi connectivity index (χ0v) is 6.13. The van der Waals surface area contributed by atoms with E-state index in [9.17, 15) is 0 Å². The lowest BCUT2D eigenvalue weighted by Gasteiger charge is -2.30. The Morgan fingerprint density at radius 3 is 1.44 bits per heavy atom. The van der Waals surface area contributed by atoms with Crippen LogP contribution in [0.25, 0.3) is 0 Å². The van der Waals surface area contributed by atoms with Gasteiger partial charge in [-0.25, -0.2) is 0 Å². The Balaban J connectivity index is 4.01. The third kappa shape index (κ3) is 1.93. The van der Waals surface area contributed by atoms with Gasteiger partial charge in [-0.2, -0.15) is 0 Å². The molecule has 0 unspecified atom stereocenters. The first kappa shape index (κ1) is 8.88. The molecular weight excluding hydrogens is 118 g/mol. The number of aliphatic hydroxyl groups is 2. The number of nitrogens with two attached hydrogens (primary N) is 1. The molecule has 0 spiro atoms. The number of hydrogen-bond acceptors (Lipinski definition) is 3. The van der Waals surface area contributed by atoms with Gasteiger partial charge < -0.3 is 15.9 Å². The van der Waals surface area contributed by atoms with E-state index < -0.39 is 17.7 Å². The monoisotopic (exact) mass is 133 g/mol. The van der Waals surface area contributed by atoms with Gasteiger partial charge in [0.2, 0.25) is 0 Å². The molecule has 0 aromatic carbocycles. The summed E-state index contributed by atoms with van der Waals surface area (Å²) in [6.07, 6.45) is -1.37. The highest BCUT2D eigenvalue weighted by Crippen LogP contribution is 2.10. The van der Waals surface area contributed by atoms with Crippen molar-refractivity contribution in [2.75, 3.05) is 0 Å². The van der Waals surface area contributed by atoms with Gasteiger partial charge in [-0.05, 0) is 20.8 Å². The molecule has 0 bridgehead atoms. The molecule has 3 nitrogen and oxygen atoms in total. The molecule has 4 N–H and O–H groups in total. The fourth-order valence-electron chi connectivity index (χ4n) is 0.349. The Morgan fingerprint density at radius 2 is 1.44 bits per heavy atom. The molecule has 0 aliphatic rings. The molecule has 2 atom stereocenters. The molecule has 0 saturated carbocycles. The smallest absolute Gasteiger partial charge is 0.0714 e. The first-order chi connectivity index (χ1) is 3.89. The van der Waals surface area contributed by atoms with Crippen LogP contribution in [0.3, 0.4) is 0 Å². The van der Waals surface area contributed by atoms with Crippen molar-refractivity contribution in [2.24, 2.45) is 5.73 Å². The Hall–Kier alpha value is -0.120. The summed E-state index contributed by atoms with van der Waals surface area (Å²) in [5.74, 6) is 0. The normalized spacial score (nSPS) is 19.3. The minimum absolute atomic E-state index is 0.683. The van der Waals surface area contributed by atoms with Crippen molar-refractivity contribution >= 4 is 0 Å². The second kappa shape index (κ2) is 2.64. The Bertz CT molecular complexity index is 79.1. The lowest BCUT2D eigenvalue weighted by molar-refractivity contribution is 0.0183. The summed E-state index contributed by atoms with van der Waals surface area (Å²) in [5, 5.41) is 17.9. The third-order valence-corrected chi connectivity index (χ3v) is 1.80. The third-order valence-electron chi connectivity index (χ3n) is 1.80. The van der Waals surface area contributed by atoms with Crippen LogP contribution >= 0.6 is 0 Å². The Kier molecular flexibility index (Phi) is 2.61. The van der Waals surface area contributed by atoms with E-state index >= 15 is 0 Å². The van der Waals surface area contributed by atoms with Gasteiger partial charge in [-0.3, -0.25) is 0 Å². The van der Waals surface area contributed by atoms with Gasteiger partial charge in [0.05, 0.1) is 17.7 Å². The molecule has 0 saturated heterocycles. The van der Waals surface area contributed by atoms with Crippen molar-refractivity contribution in [1.82, 2.24) is 0 Å². The molecule has 9 heavy (non-hydrogen) atoms. The molecular formula is C6H15NO2. The summed E-state index contributed by atoms with van der Waals surface area (Å²) in [6, 6.07) is 0. The van der Waals surface area contributed by atoms with Crippen molar-refractivity contribution in [3.8, 4) is 0 Å². The van der Waals surface area contributed by atoms with Crippen LogP contribution in [0.1, 0.15) is 20.8 Å². The largest absolute Gasteiger partial charge is 0.391 e. The molecule has 0 aliphatic heterocycles. The first-order valence-electron chi connectivity index (χ1n) is 3.04. The maximum Gasteiger partial charge on any atom is 0.0714 e. The van der Waals surface area contributed by atoms with Crippen LogP contribution in [0.15, 0.2) is 0 Å². The highest BCUT2D eigenvalue weighted by atomic mass is 16.3. The van der Waals surface area contributed by atoms with Crippen molar-refractivity contribution in [3.05, 3.63) is 0 Å². The molecule has 0 rings (SSSR count). The molecule has 0 aromatic rings. The summed E-state index contributed by atoms with van der Waals surface area (Å²) in [7, 11) is 0.